The molecule has 0 unspecified atom stereocenters. The third-order valence-electron chi connectivity index (χ3n) is 2.66. The van der Waals surface area contributed by atoms with E-state index in [4.69, 9.17) is 0 Å². The lowest BCUT2D eigenvalue weighted by atomic mass is 10.1. The minimum absolute atomic E-state index is 0.269. The minimum atomic E-state index is -0.269. The molecule has 1 aromatic carbocycles. The zero-order valence-corrected chi connectivity index (χ0v) is 9.73. The van der Waals surface area contributed by atoms with Gasteiger partial charge in [0.1, 0.15) is 0 Å². The first-order valence-corrected chi connectivity index (χ1v) is 6.06. The lowest BCUT2D eigenvalue weighted by molar-refractivity contribution is -0.385. The number of fused-ring (bicyclic) bond motifs is 1. The van der Waals surface area contributed by atoms with E-state index in [1.54, 1.807) is 12.1 Å². The van der Waals surface area contributed by atoms with Crippen LogP contribution in [0.15, 0.2) is 18.2 Å². The molecule has 0 saturated carbocycles. The molecule has 2 rings (SSSR count). The number of alkyl halides is 1. The highest BCUT2D eigenvalue weighted by Gasteiger charge is 2.27. The van der Waals surface area contributed by atoms with Gasteiger partial charge in [0, 0.05) is 16.1 Å². The second-order valence-electron chi connectivity index (χ2n) is 3.60. The van der Waals surface area contributed by atoms with Crippen molar-refractivity contribution in [2.75, 3.05) is 4.43 Å². The van der Waals surface area contributed by atoms with E-state index in [1.807, 2.05) is 6.07 Å². The third kappa shape index (κ3) is 1.63. The van der Waals surface area contributed by atoms with Crippen molar-refractivity contribution in [2.24, 2.45) is 5.92 Å². The van der Waals surface area contributed by atoms with Crippen molar-refractivity contribution in [3.05, 3.63) is 39.4 Å². The van der Waals surface area contributed by atoms with Crippen LogP contribution < -0.4 is 0 Å². The number of benzene rings is 1. The lowest BCUT2D eigenvalue weighted by Gasteiger charge is -2.00. The first kappa shape index (κ1) is 9.89. The number of nitro benzene ring substituents is 1. The number of nitrogens with zero attached hydrogens (tertiary/aromatic N) is 1. The molecule has 0 amide bonds. The fraction of sp³-hybridized carbons (Fsp3) is 0.400. The summed E-state index contributed by atoms with van der Waals surface area (Å²) in [7, 11) is 0. The van der Waals surface area contributed by atoms with E-state index in [9.17, 15) is 10.1 Å². The summed E-state index contributed by atoms with van der Waals surface area (Å²) in [6.07, 6.45) is 1.87. The van der Waals surface area contributed by atoms with Gasteiger partial charge in [0.05, 0.1) is 4.92 Å². The molecule has 1 aliphatic rings. The summed E-state index contributed by atoms with van der Waals surface area (Å²) in [4.78, 5) is 10.5. The predicted molar refractivity (Wildman–Crippen MR) is 62.9 cm³/mol. The topological polar surface area (TPSA) is 43.1 Å². The molecule has 0 aliphatic heterocycles. The average Bonchev–Trinajstić information content (AvgIpc) is 2.59. The maximum Gasteiger partial charge on any atom is 0.272 e. The minimum Gasteiger partial charge on any atom is -0.258 e. The SMILES string of the molecule is O=[N+]([O-])c1cccc2c1C[C@@H](CI)C2. The van der Waals surface area contributed by atoms with Gasteiger partial charge >= 0.3 is 0 Å². The molecule has 0 heterocycles. The molecule has 3 nitrogen and oxygen atoms in total. The molecule has 4 heteroatoms. The zero-order chi connectivity index (χ0) is 10.1. The standard InChI is InChI=1S/C10H10INO2/c11-6-7-4-8-2-1-3-10(12(13)14)9(8)5-7/h1-3,7H,4-6H2/t7-/m0/s1. The van der Waals surface area contributed by atoms with Gasteiger partial charge in [-0.15, -0.1) is 0 Å². The Morgan fingerprint density at radius 1 is 1.50 bits per heavy atom. The summed E-state index contributed by atoms with van der Waals surface area (Å²) in [6.45, 7) is 0. The van der Waals surface area contributed by atoms with Gasteiger partial charge in [-0.1, -0.05) is 34.7 Å². The van der Waals surface area contributed by atoms with Crippen molar-refractivity contribution in [1.29, 1.82) is 0 Å². The van der Waals surface area contributed by atoms with Gasteiger partial charge < -0.3 is 0 Å². The smallest absolute Gasteiger partial charge is 0.258 e. The molecule has 0 fully saturated rings. The fourth-order valence-electron chi connectivity index (χ4n) is 2.00. The van der Waals surface area contributed by atoms with Gasteiger partial charge in [-0.25, -0.2) is 0 Å². The van der Waals surface area contributed by atoms with Crippen molar-refractivity contribution in [3.63, 3.8) is 0 Å². The Morgan fingerprint density at radius 3 is 2.93 bits per heavy atom. The second kappa shape index (κ2) is 3.84. The Balaban J connectivity index is 2.41. The lowest BCUT2D eigenvalue weighted by Crippen LogP contribution is -2.00. The molecule has 1 aromatic rings. The van der Waals surface area contributed by atoms with Gasteiger partial charge in [-0.2, -0.15) is 0 Å². The van der Waals surface area contributed by atoms with Crippen LogP contribution in [0.4, 0.5) is 5.69 Å². The highest BCUT2D eigenvalue weighted by Crippen LogP contribution is 2.34. The van der Waals surface area contributed by atoms with Crippen molar-refractivity contribution < 1.29 is 4.92 Å². The van der Waals surface area contributed by atoms with Crippen LogP contribution in [0.1, 0.15) is 11.1 Å². The molecule has 0 bridgehead atoms. The predicted octanol–water partition coefficient (Wildman–Crippen LogP) is 2.74. The fourth-order valence-corrected chi connectivity index (χ4v) is 2.62. The molecule has 1 atom stereocenters. The number of rotatable bonds is 2. The summed E-state index contributed by atoms with van der Waals surface area (Å²) < 4.78 is 1.07. The van der Waals surface area contributed by atoms with Crippen molar-refractivity contribution >= 4 is 28.3 Å². The van der Waals surface area contributed by atoms with E-state index < -0.39 is 0 Å². The summed E-state index contributed by atoms with van der Waals surface area (Å²) in [5, 5.41) is 10.8. The van der Waals surface area contributed by atoms with Crippen LogP contribution in [0.5, 0.6) is 0 Å². The number of halogens is 1. The van der Waals surface area contributed by atoms with Gasteiger partial charge in [-0.3, -0.25) is 10.1 Å². The first-order chi connectivity index (χ1) is 6.72. The first-order valence-electron chi connectivity index (χ1n) is 4.53. The van der Waals surface area contributed by atoms with Crippen LogP contribution in [0, 0.1) is 16.0 Å². The second-order valence-corrected chi connectivity index (χ2v) is 4.48. The van der Waals surface area contributed by atoms with Crippen LogP contribution in [-0.4, -0.2) is 9.35 Å². The van der Waals surface area contributed by atoms with Crippen LogP contribution in [0.2, 0.25) is 0 Å². The summed E-state index contributed by atoms with van der Waals surface area (Å²) >= 11 is 2.35. The highest BCUT2D eigenvalue weighted by atomic mass is 127. The molecular formula is C10H10INO2. The Kier molecular flexibility index (Phi) is 2.71. The van der Waals surface area contributed by atoms with E-state index in [0.29, 0.717) is 11.6 Å². The third-order valence-corrected chi connectivity index (χ3v) is 3.91. The average molecular weight is 303 g/mol. The van der Waals surface area contributed by atoms with Crippen LogP contribution in [0.3, 0.4) is 0 Å². The highest BCUT2D eigenvalue weighted by molar-refractivity contribution is 14.1. The Labute approximate surface area is 95.8 Å². The van der Waals surface area contributed by atoms with Crippen LogP contribution in [0.25, 0.3) is 0 Å². The quantitative estimate of drug-likeness (QED) is 0.365. The maximum atomic E-state index is 10.8. The van der Waals surface area contributed by atoms with E-state index >= 15 is 0 Å². The van der Waals surface area contributed by atoms with Gasteiger partial charge in [0.2, 0.25) is 0 Å². The van der Waals surface area contributed by atoms with E-state index in [1.165, 1.54) is 5.56 Å². The molecule has 0 saturated heterocycles. The Hall–Kier alpha value is -0.650. The molecule has 1 aliphatic carbocycles. The number of hydrogen-bond acceptors (Lipinski definition) is 2. The van der Waals surface area contributed by atoms with Gasteiger partial charge in [0.15, 0.2) is 0 Å². The van der Waals surface area contributed by atoms with E-state index in [2.05, 4.69) is 22.6 Å². The Bertz CT molecular complexity index is 378. The van der Waals surface area contributed by atoms with E-state index in [0.717, 1.165) is 22.8 Å². The largest absolute Gasteiger partial charge is 0.272 e. The van der Waals surface area contributed by atoms with Crippen molar-refractivity contribution in [1.82, 2.24) is 0 Å². The normalized spacial score (nSPS) is 19.4. The van der Waals surface area contributed by atoms with Crippen LogP contribution >= 0.6 is 22.6 Å². The number of nitro groups is 1. The number of hydrogen-bond donors (Lipinski definition) is 0. The van der Waals surface area contributed by atoms with E-state index in [-0.39, 0.29) is 4.92 Å². The van der Waals surface area contributed by atoms with Crippen LogP contribution in [-0.2, 0) is 12.8 Å². The zero-order valence-electron chi connectivity index (χ0n) is 7.57. The van der Waals surface area contributed by atoms with Gasteiger partial charge in [0.25, 0.3) is 5.69 Å². The van der Waals surface area contributed by atoms with Crippen molar-refractivity contribution in [3.8, 4) is 0 Å². The summed E-state index contributed by atoms with van der Waals surface area (Å²) in [6, 6.07) is 5.40. The molecule has 14 heavy (non-hydrogen) atoms. The molecule has 0 aromatic heterocycles. The molecule has 0 N–H and O–H groups in total. The molecule has 0 spiro atoms. The summed E-state index contributed by atoms with van der Waals surface area (Å²) in [5.74, 6) is 0.590. The summed E-state index contributed by atoms with van der Waals surface area (Å²) in [5.41, 5.74) is 2.43. The van der Waals surface area contributed by atoms with Gasteiger partial charge in [-0.05, 0) is 24.3 Å². The molecular weight excluding hydrogens is 293 g/mol. The molecule has 0 radical (unpaired) electrons. The van der Waals surface area contributed by atoms with Crippen molar-refractivity contribution in [2.45, 2.75) is 12.8 Å². The monoisotopic (exact) mass is 303 g/mol. The molecule has 74 valence electrons. The maximum absolute atomic E-state index is 10.8. The Morgan fingerprint density at radius 2 is 2.29 bits per heavy atom.